The van der Waals surface area contributed by atoms with Crippen molar-refractivity contribution in [3.63, 3.8) is 0 Å². The molecule has 11 nitrogen and oxygen atoms in total. The Labute approximate surface area is 282 Å². The lowest BCUT2D eigenvalue weighted by molar-refractivity contribution is -0.126. The number of ether oxygens (including phenoxy) is 1. The van der Waals surface area contributed by atoms with Crippen molar-refractivity contribution in [1.82, 2.24) is 19.9 Å². The smallest absolute Gasteiger partial charge is 0.246 e. The summed E-state index contributed by atoms with van der Waals surface area (Å²) in [7, 11) is 0. The molecule has 2 aromatic heterocycles. The van der Waals surface area contributed by atoms with Crippen LogP contribution in [0.3, 0.4) is 0 Å². The number of aromatic amines is 1. The van der Waals surface area contributed by atoms with Crippen LogP contribution in [0.1, 0.15) is 36.7 Å². The summed E-state index contributed by atoms with van der Waals surface area (Å²) in [6.45, 7) is 6.50. The van der Waals surface area contributed by atoms with E-state index in [2.05, 4.69) is 25.3 Å². The van der Waals surface area contributed by atoms with Gasteiger partial charge in [-0.15, -0.1) is 0 Å². The van der Waals surface area contributed by atoms with E-state index in [1.807, 2.05) is 97.3 Å². The van der Waals surface area contributed by atoms with Crippen LogP contribution in [-0.2, 0) is 15.1 Å². The Morgan fingerprint density at radius 1 is 1.04 bits per heavy atom. The first-order valence-corrected chi connectivity index (χ1v) is 16.2. The number of aromatic nitrogens is 4. The van der Waals surface area contributed by atoms with Crippen LogP contribution in [-0.4, -0.2) is 57.2 Å². The average molecular weight is 652 g/mol. The highest BCUT2D eigenvalue weighted by Crippen LogP contribution is 2.44. The predicted molar refractivity (Wildman–Crippen MR) is 186 cm³/mol. The minimum Gasteiger partial charge on any atom is -0.494 e. The first-order valence-electron chi connectivity index (χ1n) is 16.2. The van der Waals surface area contributed by atoms with Gasteiger partial charge in [0.25, 0.3) is 0 Å². The molecule has 49 heavy (non-hydrogen) atoms. The summed E-state index contributed by atoms with van der Waals surface area (Å²) in [5.74, 6) is 0.851. The highest BCUT2D eigenvalue weighted by atomic mass is 16.5. The molecule has 244 valence electrons. The molecule has 3 heterocycles. The number of H-pyrrole nitrogens is 1. The number of hydrogen-bond donors (Lipinski definition) is 2. The van der Waals surface area contributed by atoms with Gasteiger partial charge in [-0.1, -0.05) is 49.4 Å². The lowest BCUT2D eigenvalue weighted by Gasteiger charge is -2.42. The molecule has 0 radical (unpaired) electrons. The van der Waals surface area contributed by atoms with Crippen molar-refractivity contribution in [3.8, 4) is 28.1 Å². The minimum atomic E-state index is -1.14. The Morgan fingerprint density at radius 3 is 2.63 bits per heavy atom. The van der Waals surface area contributed by atoms with E-state index in [0.29, 0.717) is 35.3 Å². The summed E-state index contributed by atoms with van der Waals surface area (Å²) in [4.78, 5) is 61.2. The fourth-order valence-electron chi connectivity index (χ4n) is 7.27. The number of imidazole rings is 1. The van der Waals surface area contributed by atoms with Crippen molar-refractivity contribution in [1.29, 1.82) is 0 Å². The second-order valence-corrected chi connectivity index (χ2v) is 12.6. The van der Waals surface area contributed by atoms with Crippen LogP contribution < -0.4 is 30.3 Å². The number of ketones is 2. The molecule has 1 amide bonds. The number of carbonyl (C=O) groups is 3. The number of hydrogen-bond acceptors (Lipinski definition) is 9. The summed E-state index contributed by atoms with van der Waals surface area (Å²) in [6.07, 6.45) is 8.49. The maximum absolute atomic E-state index is 14.3. The summed E-state index contributed by atoms with van der Waals surface area (Å²) < 4.78 is 5.53. The molecule has 11 heteroatoms. The van der Waals surface area contributed by atoms with E-state index in [1.54, 1.807) is 18.5 Å². The van der Waals surface area contributed by atoms with Gasteiger partial charge in [-0.05, 0) is 71.3 Å². The highest BCUT2D eigenvalue weighted by Gasteiger charge is 2.50. The molecular formula is C38H33N7O4. The van der Waals surface area contributed by atoms with Crippen molar-refractivity contribution in [3.05, 3.63) is 101 Å². The van der Waals surface area contributed by atoms with E-state index in [4.69, 9.17) is 4.74 Å². The second-order valence-electron chi connectivity index (χ2n) is 12.6. The number of nitrogens with one attached hydrogen (secondary N) is 2. The largest absolute Gasteiger partial charge is 0.494 e. The SMILES string of the molecule is CCOc1ccc(-c2c[nH]c(NC(=O)CN3CN(C4(C)C(=O)C(C)C=c5c4ccc4c5=CC(=O)c5ccccc5-4)c4ncncc43)n2)cc1. The second kappa shape index (κ2) is 11.6. The third-order valence-corrected chi connectivity index (χ3v) is 9.63. The first-order chi connectivity index (χ1) is 23.8. The summed E-state index contributed by atoms with van der Waals surface area (Å²) in [6, 6.07) is 19.2. The van der Waals surface area contributed by atoms with Crippen LogP contribution in [0.15, 0.2) is 79.4 Å². The lowest BCUT2D eigenvalue weighted by Crippen LogP contribution is -2.59. The van der Waals surface area contributed by atoms with Gasteiger partial charge in [0.15, 0.2) is 17.4 Å². The van der Waals surface area contributed by atoms with Gasteiger partial charge in [0, 0.05) is 23.2 Å². The molecule has 0 bridgehead atoms. The third kappa shape index (κ3) is 4.88. The van der Waals surface area contributed by atoms with Gasteiger partial charge < -0.3 is 19.5 Å². The van der Waals surface area contributed by atoms with Crippen molar-refractivity contribution < 1.29 is 19.1 Å². The van der Waals surface area contributed by atoms with Crippen molar-refractivity contribution in [2.75, 3.05) is 34.9 Å². The topological polar surface area (TPSA) is 133 Å². The van der Waals surface area contributed by atoms with Crippen LogP contribution >= 0.6 is 0 Å². The Hall–Kier alpha value is -6.10. The number of rotatable bonds is 7. The van der Waals surface area contributed by atoms with E-state index in [1.165, 1.54) is 6.33 Å². The number of fused-ring (bicyclic) bond motifs is 6. The van der Waals surface area contributed by atoms with E-state index >= 15 is 0 Å². The fraction of sp³-hybridized carbons (Fsp3) is 0.211. The zero-order valence-corrected chi connectivity index (χ0v) is 27.2. The molecule has 0 saturated heterocycles. The molecule has 2 unspecified atom stereocenters. The molecule has 3 aromatic carbocycles. The monoisotopic (exact) mass is 651 g/mol. The van der Waals surface area contributed by atoms with Crippen molar-refractivity contribution in [2.24, 2.45) is 5.92 Å². The van der Waals surface area contributed by atoms with Crippen molar-refractivity contribution >= 4 is 47.1 Å². The Kier molecular flexibility index (Phi) is 7.13. The van der Waals surface area contributed by atoms with Gasteiger partial charge in [-0.2, -0.15) is 0 Å². The quantitative estimate of drug-likeness (QED) is 0.268. The molecular weight excluding hydrogens is 618 g/mol. The Morgan fingerprint density at radius 2 is 1.84 bits per heavy atom. The molecule has 2 aliphatic carbocycles. The molecule has 1 aliphatic heterocycles. The van der Waals surface area contributed by atoms with E-state index in [-0.39, 0.29) is 30.7 Å². The average Bonchev–Trinajstić information content (AvgIpc) is 3.73. The van der Waals surface area contributed by atoms with Gasteiger partial charge >= 0.3 is 0 Å². The number of benzene rings is 3. The summed E-state index contributed by atoms with van der Waals surface area (Å²) in [5, 5.41) is 4.54. The highest BCUT2D eigenvalue weighted by molar-refractivity contribution is 6.22. The molecule has 2 N–H and O–H groups in total. The number of nitrogens with zero attached hydrogens (tertiary/aromatic N) is 5. The number of amides is 1. The molecule has 0 fully saturated rings. The maximum Gasteiger partial charge on any atom is 0.246 e. The summed E-state index contributed by atoms with van der Waals surface area (Å²) >= 11 is 0. The van der Waals surface area contributed by atoms with Crippen LogP contribution in [0.4, 0.5) is 17.5 Å². The molecule has 0 spiro atoms. The van der Waals surface area contributed by atoms with E-state index in [9.17, 15) is 14.4 Å². The number of anilines is 3. The van der Waals surface area contributed by atoms with Crippen LogP contribution in [0, 0.1) is 5.92 Å². The standard InChI is InChI=1S/C38H33N7O4/c1-4-49-24-11-9-23(10-12-24)31-17-40-37(42-31)43-34(47)19-44-21-45(36-32(44)18-39-20-41-36)38(3)30-14-13-26-25-7-5-6-8-27(25)33(46)16-28(26)29(30)15-22(2)35(38)48/h5-18,20,22H,4,19,21H2,1-3H3,(H2,40,42,43,47). The fourth-order valence-corrected chi connectivity index (χ4v) is 7.27. The zero-order chi connectivity index (χ0) is 33.9. The Balaban J connectivity index is 1.09. The predicted octanol–water partition coefficient (Wildman–Crippen LogP) is 4.05. The van der Waals surface area contributed by atoms with Gasteiger partial charge in [0.05, 0.1) is 31.7 Å². The van der Waals surface area contributed by atoms with Crippen LogP contribution in [0.2, 0.25) is 0 Å². The van der Waals surface area contributed by atoms with Crippen molar-refractivity contribution in [2.45, 2.75) is 26.3 Å². The van der Waals surface area contributed by atoms with Gasteiger partial charge in [0.2, 0.25) is 11.9 Å². The van der Waals surface area contributed by atoms with Crippen LogP contribution in [0.25, 0.3) is 34.5 Å². The lowest BCUT2D eigenvalue weighted by atomic mass is 9.73. The molecule has 3 aliphatic rings. The minimum absolute atomic E-state index is 0.00393. The molecule has 0 saturated carbocycles. The van der Waals surface area contributed by atoms with Gasteiger partial charge in [-0.25, -0.2) is 15.0 Å². The zero-order valence-electron chi connectivity index (χ0n) is 27.2. The van der Waals surface area contributed by atoms with Gasteiger partial charge in [-0.3, -0.25) is 19.7 Å². The molecule has 8 rings (SSSR count). The molecule has 5 aromatic rings. The summed E-state index contributed by atoms with van der Waals surface area (Å²) in [5.41, 5.74) is 4.35. The van der Waals surface area contributed by atoms with E-state index < -0.39 is 11.5 Å². The van der Waals surface area contributed by atoms with Crippen LogP contribution in [0.5, 0.6) is 5.75 Å². The van der Waals surface area contributed by atoms with Gasteiger partial charge in [0.1, 0.15) is 23.3 Å². The van der Waals surface area contributed by atoms with E-state index in [0.717, 1.165) is 38.4 Å². The first kappa shape index (κ1) is 30.2. The Bertz CT molecular complexity index is 2300. The number of carbonyl (C=O) groups excluding carboxylic acids is 3. The number of Topliss-reactive ketones (excluding diaryl/α,β-unsaturated/α-hetero) is 2. The normalized spacial score (nSPS) is 18.9. The maximum atomic E-state index is 14.3. The molecule has 2 atom stereocenters. The third-order valence-electron chi connectivity index (χ3n) is 9.63.